The van der Waals surface area contributed by atoms with E-state index in [9.17, 15) is 97.0 Å². The Kier molecular flexibility index (Phi) is 23.0. The minimum atomic E-state index is -2.20. The molecule has 1 aromatic heterocycles. The molecule has 21 aliphatic rings. The van der Waals surface area contributed by atoms with Crippen molar-refractivity contribution < 1.29 is 163 Å². The Labute approximate surface area is 480 Å². The fraction of sp³-hybridized carbons (Fsp3) is 0.936. The van der Waals surface area contributed by atoms with Crippen molar-refractivity contribution in [2.24, 2.45) is 5.73 Å². The molecule has 21 fully saturated rings. The maximum absolute atomic E-state index is 11.9. The molecule has 0 unspecified atom stereocenters. The number of aromatic nitrogens is 2. The molecule has 21 aliphatic heterocycles. The van der Waals surface area contributed by atoms with Gasteiger partial charge in [0.2, 0.25) is 0 Å². The van der Waals surface area contributed by atoms with Gasteiger partial charge in [-0.25, -0.2) is 4.98 Å². The molecule has 0 radical (unpaired) electrons. The van der Waals surface area contributed by atoms with Crippen LogP contribution in [-0.4, -0.2) is 373 Å². The Morgan fingerprint density at radius 3 is 0.810 bits per heavy atom. The number of rotatable bonds is 11. The summed E-state index contributed by atoms with van der Waals surface area (Å²) in [6, 6.07) is 0. The highest BCUT2D eigenvalue weighted by Crippen LogP contribution is 2.39. The summed E-state index contributed by atoms with van der Waals surface area (Å²) in [5, 5.41) is 214. The summed E-state index contributed by atoms with van der Waals surface area (Å²) in [7, 11) is 0. The van der Waals surface area contributed by atoms with Crippen LogP contribution in [0.25, 0.3) is 0 Å². The van der Waals surface area contributed by atoms with Gasteiger partial charge in [0.15, 0.2) is 44.0 Å². The number of ether oxygens (including phenoxy) is 14. The van der Waals surface area contributed by atoms with Gasteiger partial charge in [0.1, 0.15) is 165 Å². The summed E-state index contributed by atoms with van der Waals surface area (Å²) in [6.07, 6.45) is -63.6. The summed E-state index contributed by atoms with van der Waals surface area (Å²) in [4.78, 5) is 4.00. The first kappa shape index (κ1) is 66.6. The number of aliphatic hydroxyl groups is 19. The third-order valence-corrected chi connectivity index (χ3v) is 17.0. The highest BCUT2D eigenvalue weighted by Gasteiger charge is 2.59. The molecule has 22 heterocycles. The second-order valence-corrected chi connectivity index (χ2v) is 22.6. The van der Waals surface area contributed by atoms with Crippen molar-refractivity contribution in [2.45, 2.75) is 221 Å². The molecule has 0 amide bonds. The standard InChI is InChI=1S/C47H77N3O33S/c48-1-4-84-11-19-40-26(62)33(69)47(76-19)77-34-13(5-50-3-2-49-12-50)70-41(27(63)20(34)56)78-35-14(6-51)71-42(28(64)21(35)57)79-36-15(7-52)72-43(29(65)22(36)58)80-37-16(8-53)73-44(30(66)23(37)59)81-38-17(9-54)74-45(31(67)24(38)60)82-39-18(10-55)75-46(83-40)32(68)25(39)61/h2-3,12-47,51-69H,1,4-11,48H2/t13-,14-,15-,16-,17-,18-,19-,20-,21-,22-,23-,24-,25-,26-,27-,28-,29-,30-,31-,32-,33-,34-,35-,36-,37-,38-,39-,40-,41-,42-,43-,44-,45-,46-,47-/m1/s1. The number of hydrogen-bond acceptors (Lipinski definition) is 36. The lowest BCUT2D eigenvalue weighted by Gasteiger charge is -2.50. The van der Waals surface area contributed by atoms with Crippen molar-refractivity contribution in [3.8, 4) is 0 Å². The Hall–Kier alpha value is -1.80. The number of imidazole rings is 1. The van der Waals surface area contributed by atoms with E-state index in [0.29, 0.717) is 5.75 Å². The first-order chi connectivity index (χ1) is 40.2. The van der Waals surface area contributed by atoms with E-state index in [1.54, 1.807) is 0 Å². The summed E-state index contributed by atoms with van der Waals surface area (Å²) in [5.74, 6) is 0.226. The van der Waals surface area contributed by atoms with E-state index in [4.69, 9.17) is 72.0 Å². The van der Waals surface area contributed by atoms with Crippen molar-refractivity contribution in [1.29, 1.82) is 0 Å². The number of nitrogens with zero attached hydrogens (tertiary/aromatic N) is 2. The molecular weight excluding hydrogens is 1170 g/mol. The maximum Gasteiger partial charge on any atom is 0.187 e. The van der Waals surface area contributed by atoms with Gasteiger partial charge in [0.25, 0.3) is 0 Å². The minimum absolute atomic E-state index is 0.0822. The van der Waals surface area contributed by atoms with Crippen LogP contribution in [0, 0.1) is 0 Å². The van der Waals surface area contributed by atoms with E-state index < -0.39 is 248 Å². The SMILES string of the molecule is NCCSC[C@H]1O[C@@H]2O[C@H]3[C@H](O)[C@@H](O)[C@@H](O[C@H]4[C@H](O)[C@@H](O)[C@@H](O[C@H]5[C@H](O)[C@@H](O)[C@@H](O[C@H]6[C@H](O)[C@@H](O)[C@@H](O[C@H]7[C@H](O)[C@@H](O)[C@@H](O[C@H]8[C@H](O)[C@@H](O)[C@@H](O[C@H]1[C@H](O)[C@H]2O)O[C@@H]8CO)O[C@@H]7CO)O[C@@H]6CO)O[C@@H]5CO)O[C@@H]4CO)O[C@@H]3Cn1ccnc1. The fourth-order valence-corrected chi connectivity index (χ4v) is 12.1. The molecule has 35 atom stereocenters. The predicted molar refractivity (Wildman–Crippen MR) is 263 cm³/mol. The van der Waals surface area contributed by atoms with Gasteiger partial charge in [0, 0.05) is 30.4 Å². The molecule has 0 aliphatic carbocycles. The summed E-state index contributed by atoms with van der Waals surface area (Å²) in [5.41, 5.74) is 5.76. The molecule has 484 valence electrons. The number of nitrogens with two attached hydrogens (primary N) is 1. The summed E-state index contributed by atoms with van der Waals surface area (Å²) in [6.45, 7) is -5.20. The van der Waals surface area contributed by atoms with Crippen LogP contribution in [0.4, 0.5) is 0 Å². The highest BCUT2D eigenvalue weighted by atomic mass is 32.2. The van der Waals surface area contributed by atoms with Gasteiger partial charge in [-0.15, -0.1) is 0 Å². The lowest BCUT2D eigenvalue weighted by molar-refractivity contribution is -0.396. The highest BCUT2D eigenvalue weighted by molar-refractivity contribution is 7.99. The topological polar surface area (TPSA) is 557 Å². The average molecular weight is 1240 g/mol. The minimum Gasteiger partial charge on any atom is -0.394 e. The maximum atomic E-state index is 11.9. The Morgan fingerprint density at radius 1 is 0.333 bits per heavy atom. The molecule has 1 aromatic rings. The van der Waals surface area contributed by atoms with Crippen molar-refractivity contribution in [1.82, 2.24) is 9.55 Å². The number of aliphatic hydroxyl groups excluding tert-OH is 19. The smallest absolute Gasteiger partial charge is 0.187 e. The summed E-state index contributed by atoms with van der Waals surface area (Å²) < 4.78 is 83.8. The molecular formula is C47H77N3O33S. The van der Waals surface area contributed by atoms with Gasteiger partial charge in [-0.3, -0.25) is 0 Å². The third-order valence-electron chi connectivity index (χ3n) is 15.9. The molecule has 21 saturated heterocycles. The predicted octanol–water partition coefficient (Wildman–Crippen LogP) is -13.6. The monoisotopic (exact) mass is 1240 g/mol. The lowest BCUT2D eigenvalue weighted by Crippen LogP contribution is -2.68. The quantitative estimate of drug-likeness (QED) is 0.0915. The molecule has 0 saturated carbocycles. The second kappa shape index (κ2) is 29.0. The molecule has 84 heavy (non-hydrogen) atoms. The van der Waals surface area contributed by atoms with E-state index in [2.05, 4.69) is 4.98 Å². The van der Waals surface area contributed by atoms with Crippen LogP contribution < -0.4 is 5.73 Å². The number of thioether (sulfide) groups is 1. The first-order valence-electron chi connectivity index (χ1n) is 27.2. The molecule has 37 heteroatoms. The van der Waals surface area contributed by atoms with E-state index >= 15 is 0 Å². The Balaban J connectivity index is 1.02. The molecule has 36 nitrogen and oxygen atoms in total. The molecule has 14 bridgehead atoms. The zero-order valence-electron chi connectivity index (χ0n) is 44.4. The van der Waals surface area contributed by atoms with Crippen LogP contribution in [0.15, 0.2) is 18.7 Å². The van der Waals surface area contributed by atoms with E-state index in [-0.39, 0.29) is 18.8 Å². The van der Waals surface area contributed by atoms with Gasteiger partial charge in [-0.2, -0.15) is 11.8 Å². The molecule has 0 aromatic carbocycles. The molecule has 22 rings (SSSR count). The van der Waals surface area contributed by atoms with Crippen molar-refractivity contribution in [3.05, 3.63) is 18.7 Å². The van der Waals surface area contributed by atoms with Crippen molar-refractivity contribution in [3.63, 3.8) is 0 Å². The van der Waals surface area contributed by atoms with Gasteiger partial charge < -0.3 is 174 Å². The van der Waals surface area contributed by atoms with Crippen LogP contribution in [0.1, 0.15) is 0 Å². The van der Waals surface area contributed by atoms with Gasteiger partial charge in [-0.1, -0.05) is 0 Å². The van der Waals surface area contributed by atoms with Gasteiger partial charge in [-0.05, 0) is 0 Å². The Bertz CT molecular complexity index is 2150. The molecule has 0 spiro atoms. The van der Waals surface area contributed by atoms with E-state index in [1.807, 2.05) is 0 Å². The first-order valence-corrected chi connectivity index (χ1v) is 28.3. The summed E-state index contributed by atoms with van der Waals surface area (Å²) >= 11 is 1.18. The van der Waals surface area contributed by atoms with Crippen molar-refractivity contribution in [2.75, 3.05) is 51.1 Å². The van der Waals surface area contributed by atoms with Crippen molar-refractivity contribution >= 4 is 11.8 Å². The fourth-order valence-electron chi connectivity index (χ4n) is 11.3. The average Bonchev–Trinajstić information content (AvgIpc) is 1.46. The van der Waals surface area contributed by atoms with E-state index in [0.717, 1.165) is 0 Å². The second-order valence-electron chi connectivity index (χ2n) is 21.4. The lowest BCUT2D eigenvalue weighted by atomic mass is 9.95. The van der Waals surface area contributed by atoms with Gasteiger partial charge >= 0.3 is 0 Å². The van der Waals surface area contributed by atoms with E-state index in [1.165, 1.54) is 35.0 Å². The van der Waals surface area contributed by atoms with Gasteiger partial charge in [0.05, 0.1) is 52.0 Å². The van der Waals surface area contributed by atoms with Crippen LogP contribution in [-0.2, 0) is 72.9 Å². The zero-order chi connectivity index (χ0) is 60.6. The molecule has 21 N–H and O–H groups in total. The third kappa shape index (κ3) is 13.6. The van der Waals surface area contributed by atoms with Crippen LogP contribution in [0.2, 0.25) is 0 Å². The normalized spacial score (nSPS) is 51.7. The Morgan fingerprint density at radius 2 is 0.571 bits per heavy atom. The number of hydrogen-bond donors (Lipinski definition) is 20. The van der Waals surface area contributed by atoms with Crippen LogP contribution in [0.5, 0.6) is 0 Å². The largest absolute Gasteiger partial charge is 0.394 e. The zero-order valence-corrected chi connectivity index (χ0v) is 45.2. The van der Waals surface area contributed by atoms with Crippen LogP contribution in [0.3, 0.4) is 0 Å². The van der Waals surface area contributed by atoms with Crippen LogP contribution >= 0.6 is 11.8 Å².